The molecular formula is C12H18ClN3O. The number of nitrogen functional groups attached to an aromatic ring is 1. The normalized spacial score (nSPS) is 22.4. The second kappa shape index (κ2) is 5.67. The van der Waals surface area contributed by atoms with E-state index in [9.17, 15) is 0 Å². The van der Waals surface area contributed by atoms with E-state index in [0.717, 1.165) is 38.4 Å². The van der Waals surface area contributed by atoms with Crippen molar-refractivity contribution in [1.82, 2.24) is 9.88 Å². The van der Waals surface area contributed by atoms with E-state index in [2.05, 4.69) is 16.8 Å². The molecule has 0 bridgehead atoms. The van der Waals surface area contributed by atoms with E-state index >= 15 is 0 Å². The Hall–Kier alpha value is -0.840. The fraction of sp³-hybridized carbons (Fsp3) is 0.583. The Labute approximate surface area is 107 Å². The number of rotatable bonds is 2. The van der Waals surface area contributed by atoms with Crippen molar-refractivity contribution < 1.29 is 4.74 Å². The Kier molecular flexibility index (Phi) is 4.20. The van der Waals surface area contributed by atoms with Gasteiger partial charge in [-0.05, 0) is 25.5 Å². The average molecular weight is 256 g/mol. The topological polar surface area (TPSA) is 51.4 Å². The summed E-state index contributed by atoms with van der Waals surface area (Å²) in [4.78, 5) is 6.60. The van der Waals surface area contributed by atoms with Gasteiger partial charge in [0.05, 0.1) is 16.8 Å². The Bertz CT molecular complexity index is 386. The highest BCUT2D eigenvalue weighted by Gasteiger charge is 2.16. The van der Waals surface area contributed by atoms with Crippen molar-refractivity contribution in [2.45, 2.75) is 26.0 Å². The van der Waals surface area contributed by atoms with Crippen LogP contribution in [0.3, 0.4) is 0 Å². The van der Waals surface area contributed by atoms with E-state index in [1.54, 1.807) is 12.1 Å². The van der Waals surface area contributed by atoms with Crippen LogP contribution in [0.4, 0.5) is 5.82 Å². The highest BCUT2D eigenvalue weighted by Crippen LogP contribution is 2.18. The standard InChI is InChI=1S/C12H18ClN3O/c1-9-7-16(5-2-6-17-9)8-11-10(13)3-4-12(14)15-11/h3-4,9H,2,5-8H2,1H3,(H2,14,15). The third-order valence-corrected chi connectivity index (χ3v) is 3.19. The Morgan fingerprint density at radius 3 is 3.24 bits per heavy atom. The monoisotopic (exact) mass is 255 g/mol. The molecule has 0 aromatic carbocycles. The average Bonchev–Trinajstić information content (AvgIpc) is 2.48. The van der Waals surface area contributed by atoms with Gasteiger partial charge in [0.25, 0.3) is 0 Å². The van der Waals surface area contributed by atoms with E-state index in [0.29, 0.717) is 10.8 Å². The second-order valence-electron chi connectivity index (χ2n) is 4.43. The van der Waals surface area contributed by atoms with Crippen LogP contribution in [-0.4, -0.2) is 35.7 Å². The highest BCUT2D eigenvalue weighted by atomic mass is 35.5. The quantitative estimate of drug-likeness (QED) is 0.877. The van der Waals surface area contributed by atoms with Gasteiger partial charge in [0, 0.05) is 26.2 Å². The summed E-state index contributed by atoms with van der Waals surface area (Å²) in [5, 5.41) is 0.678. The molecule has 1 aromatic heterocycles. The number of pyridine rings is 1. The van der Waals surface area contributed by atoms with Gasteiger partial charge >= 0.3 is 0 Å². The van der Waals surface area contributed by atoms with Crippen LogP contribution in [0.2, 0.25) is 5.02 Å². The number of ether oxygens (including phenoxy) is 1. The van der Waals surface area contributed by atoms with Gasteiger partial charge in [-0.1, -0.05) is 11.6 Å². The van der Waals surface area contributed by atoms with Crippen molar-refractivity contribution in [2.75, 3.05) is 25.4 Å². The second-order valence-corrected chi connectivity index (χ2v) is 4.84. The number of nitrogens with zero attached hydrogens (tertiary/aromatic N) is 2. The summed E-state index contributed by atoms with van der Waals surface area (Å²) in [6.45, 7) is 5.57. The predicted octanol–water partition coefficient (Wildman–Crippen LogP) is 1.93. The summed E-state index contributed by atoms with van der Waals surface area (Å²) in [6, 6.07) is 3.52. The smallest absolute Gasteiger partial charge is 0.123 e. The van der Waals surface area contributed by atoms with E-state index in [-0.39, 0.29) is 6.10 Å². The number of halogens is 1. The van der Waals surface area contributed by atoms with Crippen molar-refractivity contribution in [1.29, 1.82) is 0 Å². The van der Waals surface area contributed by atoms with Gasteiger partial charge in [0.1, 0.15) is 5.82 Å². The van der Waals surface area contributed by atoms with E-state index < -0.39 is 0 Å². The Morgan fingerprint density at radius 1 is 1.59 bits per heavy atom. The number of anilines is 1. The van der Waals surface area contributed by atoms with Crippen LogP contribution < -0.4 is 5.73 Å². The minimum atomic E-state index is 0.261. The van der Waals surface area contributed by atoms with Crippen LogP contribution in [0.25, 0.3) is 0 Å². The lowest BCUT2D eigenvalue weighted by Crippen LogP contribution is -2.30. The summed E-state index contributed by atoms with van der Waals surface area (Å²) in [7, 11) is 0. The lowest BCUT2D eigenvalue weighted by atomic mass is 10.3. The van der Waals surface area contributed by atoms with Crippen molar-refractivity contribution in [3.05, 3.63) is 22.8 Å². The molecule has 2 rings (SSSR count). The number of hydrogen-bond acceptors (Lipinski definition) is 4. The molecule has 1 fully saturated rings. The van der Waals surface area contributed by atoms with Crippen molar-refractivity contribution in [2.24, 2.45) is 0 Å². The molecule has 0 spiro atoms. The molecule has 0 aliphatic carbocycles. The van der Waals surface area contributed by atoms with Crippen LogP contribution in [0, 0.1) is 0 Å². The van der Waals surface area contributed by atoms with Gasteiger partial charge in [0.2, 0.25) is 0 Å². The number of nitrogens with two attached hydrogens (primary N) is 1. The number of hydrogen-bond donors (Lipinski definition) is 1. The summed E-state index contributed by atoms with van der Waals surface area (Å²) in [5.74, 6) is 0.517. The van der Waals surface area contributed by atoms with Crippen LogP contribution in [0.5, 0.6) is 0 Å². The maximum Gasteiger partial charge on any atom is 0.123 e. The molecule has 1 aromatic rings. The van der Waals surface area contributed by atoms with Crippen LogP contribution in [0.15, 0.2) is 12.1 Å². The van der Waals surface area contributed by atoms with Crippen molar-refractivity contribution >= 4 is 17.4 Å². The van der Waals surface area contributed by atoms with E-state index in [1.807, 2.05) is 0 Å². The molecule has 1 aliphatic heterocycles. The van der Waals surface area contributed by atoms with Crippen LogP contribution in [-0.2, 0) is 11.3 Å². The lowest BCUT2D eigenvalue weighted by molar-refractivity contribution is 0.0666. The maximum atomic E-state index is 6.12. The van der Waals surface area contributed by atoms with Gasteiger partial charge in [-0.2, -0.15) is 0 Å². The zero-order chi connectivity index (χ0) is 12.3. The fourth-order valence-corrected chi connectivity index (χ4v) is 2.21. The first kappa shape index (κ1) is 12.6. The molecule has 4 nitrogen and oxygen atoms in total. The third kappa shape index (κ3) is 3.56. The molecule has 1 unspecified atom stereocenters. The predicted molar refractivity (Wildman–Crippen MR) is 69.0 cm³/mol. The molecule has 0 radical (unpaired) electrons. The maximum absolute atomic E-state index is 6.12. The van der Waals surface area contributed by atoms with Crippen molar-refractivity contribution in [3.63, 3.8) is 0 Å². The number of aromatic nitrogens is 1. The molecule has 2 N–H and O–H groups in total. The Balaban J connectivity index is 2.06. The molecule has 17 heavy (non-hydrogen) atoms. The van der Waals surface area contributed by atoms with E-state index in [4.69, 9.17) is 22.1 Å². The minimum absolute atomic E-state index is 0.261. The first-order valence-corrected chi connectivity index (χ1v) is 6.28. The molecule has 1 saturated heterocycles. The summed E-state index contributed by atoms with van der Waals surface area (Å²) in [5.41, 5.74) is 6.53. The zero-order valence-corrected chi connectivity index (χ0v) is 10.8. The first-order chi connectivity index (χ1) is 8.15. The molecule has 0 amide bonds. The molecule has 94 valence electrons. The molecule has 1 atom stereocenters. The molecule has 2 heterocycles. The summed E-state index contributed by atoms with van der Waals surface area (Å²) >= 11 is 6.12. The molecule has 0 saturated carbocycles. The van der Waals surface area contributed by atoms with Gasteiger partial charge < -0.3 is 10.5 Å². The molecule has 5 heteroatoms. The van der Waals surface area contributed by atoms with Gasteiger partial charge in [-0.25, -0.2) is 4.98 Å². The molecule has 1 aliphatic rings. The SMILES string of the molecule is CC1CN(Cc2nc(N)ccc2Cl)CCCO1. The van der Waals surface area contributed by atoms with Crippen molar-refractivity contribution in [3.8, 4) is 0 Å². The summed E-state index contributed by atoms with van der Waals surface area (Å²) in [6.07, 6.45) is 1.31. The van der Waals surface area contributed by atoms with Crippen LogP contribution >= 0.6 is 11.6 Å². The van der Waals surface area contributed by atoms with Gasteiger partial charge in [-0.3, -0.25) is 4.90 Å². The molecular weight excluding hydrogens is 238 g/mol. The van der Waals surface area contributed by atoms with Gasteiger partial charge in [0.15, 0.2) is 0 Å². The first-order valence-electron chi connectivity index (χ1n) is 5.90. The zero-order valence-electron chi connectivity index (χ0n) is 10.0. The van der Waals surface area contributed by atoms with Crippen LogP contribution in [0.1, 0.15) is 19.0 Å². The third-order valence-electron chi connectivity index (χ3n) is 2.85. The van der Waals surface area contributed by atoms with E-state index in [1.165, 1.54) is 0 Å². The lowest BCUT2D eigenvalue weighted by Gasteiger charge is -2.21. The summed E-state index contributed by atoms with van der Waals surface area (Å²) < 4.78 is 5.60. The van der Waals surface area contributed by atoms with Gasteiger partial charge in [-0.15, -0.1) is 0 Å². The minimum Gasteiger partial charge on any atom is -0.384 e. The Morgan fingerprint density at radius 2 is 2.41 bits per heavy atom. The highest BCUT2D eigenvalue weighted by molar-refractivity contribution is 6.31. The fourth-order valence-electron chi connectivity index (χ4n) is 2.05. The largest absolute Gasteiger partial charge is 0.384 e.